The van der Waals surface area contributed by atoms with Gasteiger partial charge in [0.2, 0.25) is 0 Å². The van der Waals surface area contributed by atoms with Crippen LogP contribution in [0.4, 0.5) is 14.4 Å². The van der Waals surface area contributed by atoms with Crippen LogP contribution in [0.3, 0.4) is 0 Å². The Kier molecular flexibility index (Phi) is 4.02. The molecule has 0 radical (unpaired) electrons. The highest BCUT2D eigenvalue weighted by molar-refractivity contribution is 6.37. The van der Waals surface area contributed by atoms with Crippen LogP contribution in [-0.4, -0.2) is 37.5 Å². The molecule has 0 fully saturated rings. The van der Waals surface area contributed by atoms with Crippen molar-refractivity contribution in [3.63, 3.8) is 0 Å². The van der Waals surface area contributed by atoms with Crippen molar-refractivity contribution in [1.29, 1.82) is 0 Å². The molecule has 0 atom stereocenters. The second kappa shape index (κ2) is 5.28. The molecule has 0 aliphatic rings. The Morgan fingerprint density at radius 1 is 1.47 bits per heavy atom. The van der Waals surface area contributed by atoms with Crippen LogP contribution in [0, 0.1) is 0 Å². The Labute approximate surface area is 86.8 Å². The van der Waals surface area contributed by atoms with Crippen molar-refractivity contribution in [3.05, 3.63) is 24.4 Å². The van der Waals surface area contributed by atoms with Crippen molar-refractivity contribution in [2.24, 2.45) is 4.99 Å². The van der Waals surface area contributed by atoms with E-state index in [0.717, 1.165) is 0 Å². The van der Waals surface area contributed by atoms with Gasteiger partial charge >= 0.3 is 7.47 Å². The van der Waals surface area contributed by atoms with Crippen LogP contribution in [0.25, 0.3) is 0 Å². The zero-order chi connectivity index (χ0) is 11.3. The minimum atomic E-state index is -2.89. The second-order valence-corrected chi connectivity index (χ2v) is 2.86. The zero-order valence-electron chi connectivity index (χ0n) is 8.39. The molecule has 1 aromatic heterocycles. The fourth-order valence-corrected chi connectivity index (χ4v) is 0.829. The Hall–Kier alpha value is -1.66. The second-order valence-electron chi connectivity index (χ2n) is 2.86. The Balaban J connectivity index is 2.84. The number of hydrogen-bond acceptors (Lipinski definition) is 3. The van der Waals surface area contributed by atoms with E-state index in [2.05, 4.69) is 14.6 Å². The van der Waals surface area contributed by atoms with Crippen LogP contribution >= 0.6 is 0 Å². The van der Waals surface area contributed by atoms with Gasteiger partial charge in [-0.15, -0.1) is 0 Å². The molecule has 1 rings (SSSR count). The summed E-state index contributed by atoms with van der Waals surface area (Å²) < 4.78 is 28.2. The van der Waals surface area contributed by atoms with E-state index in [1.807, 2.05) is 0 Å². The van der Waals surface area contributed by atoms with E-state index in [9.17, 15) is 8.63 Å². The molecule has 1 aromatic rings. The highest BCUT2D eigenvalue weighted by Gasteiger charge is 2.21. The summed E-state index contributed by atoms with van der Waals surface area (Å²) in [6, 6.07) is 4.84. The van der Waals surface area contributed by atoms with E-state index in [1.165, 1.54) is 11.1 Å². The van der Waals surface area contributed by atoms with Crippen LogP contribution in [-0.2, 0) is 4.65 Å². The van der Waals surface area contributed by atoms with Gasteiger partial charge in [0.05, 0.1) is 0 Å². The number of amidine groups is 1. The summed E-state index contributed by atoms with van der Waals surface area (Å²) in [5, 5.41) is 0. The lowest BCUT2D eigenvalue weighted by atomic mass is 10.4. The lowest BCUT2D eigenvalue weighted by Gasteiger charge is -2.14. The molecule has 80 valence electrons. The van der Waals surface area contributed by atoms with Gasteiger partial charge in [0, 0.05) is 20.3 Å². The fraction of sp³-hybridized carbons (Fsp3) is 0.250. The quantitative estimate of drug-likeness (QED) is 0.425. The predicted molar refractivity (Wildman–Crippen MR) is 54.1 cm³/mol. The van der Waals surface area contributed by atoms with Crippen LogP contribution in [0.1, 0.15) is 0 Å². The summed E-state index contributed by atoms with van der Waals surface area (Å²) in [6.07, 6.45) is 1.52. The van der Waals surface area contributed by atoms with Crippen molar-refractivity contribution in [3.8, 4) is 0 Å². The Morgan fingerprint density at radius 3 is 2.67 bits per heavy atom. The summed E-state index contributed by atoms with van der Waals surface area (Å²) in [6.45, 7) is 0. The van der Waals surface area contributed by atoms with E-state index < -0.39 is 7.47 Å². The van der Waals surface area contributed by atoms with Gasteiger partial charge in [-0.25, -0.2) is 13.6 Å². The molecule has 15 heavy (non-hydrogen) atoms. The van der Waals surface area contributed by atoms with Gasteiger partial charge in [-0.3, -0.25) is 0 Å². The number of nitrogens with zero attached hydrogens (tertiary/aromatic N) is 3. The highest BCUT2D eigenvalue weighted by atomic mass is 19.2. The van der Waals surface area contributed by atoms with Gasteiger partial charge in [-0.05, 0) is 12.1 Å². The normalized spacial score (nSPS) is 11.1. The van der Waals surface area contributed by atoms with Crippen molar-refractivity contribution in [1.82, 2.24) is 9.88 Å². The highest BCUT2D eigenvalue weighted by Crippen LogP contribution is 2.07. The summed E-state index contributed by atoms with van der Waals surface area (Å²) >= 11 is 0. The Morgan fingerprint density at radius 2 is 2.20 bits per heavy atom. The first kappa shape index (κ1) is 11.4. The largest absolute Gasteiger partial charge is 0.798 e. The summed E-state index contributed by atoms with van der Waals surface area (Å²) in [5.41, 5.74) is 0. The average molecular weight is 213 g/mol. The zero-order valence-corrected chi connectivity index (χ0v) is 8.39. The SMILES string of the molecule is CN(C)/C(=N\c1ccccn1)OB(F)F. The molecule has 7 heteroatoms. The van der Waals surface area contributed by atoms with Crippen LogP contribution < -0.4 is 0 Å². The van der Waals surface area contributed by atoms with Crippen molar-refractivity contribution in [2.45, 2.75) is 0 Å². The third kappa shape index (κ3) is 3.93. The van der Waals surface area contributed by atoms with Crippen LogP contribution in [0.2, 0.25) is 0 Å². The van der Waals surface area contributed by atoms with Gasteiger partial charge in [0.25, 0.3) is 6.02 Å². The standard InChI is InChI=1S/C8H10BF2N3O/c1-14(2)8(15-9(10)11)13-7-5-3-4-6-12-7/h3-6H,1-2H3/b13-8+. The lowest BCUT2D eigenvalue weighted by Crippen LogP contribution is -2.28. The minimum Gasteiger partial charge on any atom is -0.477 e. The number of halogens is 2. The van der Waals surface area contributed by atoms with Gasteiger partial charge in [-0.1, -0.05) is 6.07 Å². The topological polar surface area (TPSA) is 37.7 Å². The molecule has 0 unspecified atom stereocenters. The van der Waals surface area contributed by atoms with Crippen LogP contribution in [0.15, 0.2) is 29.4 Å². The molecule has 4 nitrogen and oxygen atoms in total. The molecule has 0 saturated heterocycles. The van der Waals surface area contributed by atoms with E-state index in [0.29, 0.717) is 5.82 Å². The van der Waals surface area contributed by atoms with Gasteiger partial charge in [0.1, 0.15) is 0 Å². The number of aromatic nitrogens is 1. The maximum absolute atomic E-state index is 12.0. The third-order valence-electron chi connectivity index (χ3n) is 1.44. The molecule has 0 aliphatic heterocycles. The molecule has 0 spiro atoms. The molecule has 0 aromatic carbocycles. The van der Waals surface area contributed by atoms with Crippen molar-refractivity contribution in [2.75, 3.05) is 14.1 Å². The van der Waals surface area contributed by atoms with E-state index >= 15 is 0 Å². The van der Waals surface area contributed by atoms with Gasteiger partial charge in [-0.2, -0.15) is 4.99 Å². The third-order valence-corrected chi connectivity index (χ3v) is 1.44. The van der Waals surface area contributed by atoms with E-state index in [1.54, 1.807) is 32.3 Å². The van der Waals surface area contributed by atoms with Crippen LogP contribution in [0.5, 0.6) is 0 Å². The summed E-state index contributed by atoms with van der Waals surface area (Å²) in [4.78, 5) is 9.04. The monoisotopic (exact) mass is 213 g/mol. The number of hydrogen-bond donors (Lipinski definition) is 0. The smallest absolute Gasteiger partial charge is 0.477 e. The fourth-order valence-electron chi connectivity index (χ4n) is 0.829. The van der Waals surface area contributed by atoms with E-state index in [4.69, 9.17) is 0 Å². The molecular formula is C8H10BF2N3O. The first-order chi connectivity index (χ1) is 7.09. The average Bonchev–Trinajstić information content (AvgIpc) is 2.17. The first-order valence-corrected chi connectivity index (χ1v) is 4.21. The lowest BCUT2D eigenvalue weighted by molar-refractivity contribution is 0.362. The molecule has 1 heterocycles. The van der Waals surface area contributed by atoms with Crippen molar-refractivity contribution < 1.29 is 13.3 Å². The van der Waals surface area contributed by atoms with Crippen molar-refractivity contribution >= 4 is 19.3 Å². The Bertz CT molecular complexity index is 332. The molecular weight excluding hydrogens is 203 g/mol. The molecule has 0 amide bonds. The number of pyridine rings is 1. The summed E-state index contributed by atoms with van der Waals surface area (Å²) in [7, 11) is 0.226. The minimum absolute atomic E-state index is 0.177. The number of aliphatic imine (C=N–C) groups is 1. The predicted octanol–water partition coefficient (Wildman–Crippen LogP) is 1.57. The molecule has 0 saturated carbocycles. The van der Waals surface area contributed by atoms with Gasteiger partial charge in [0.15, 0.2) is 5.82 Å². The van der Waals surface area contributed by atoms with Gasteiger partial charge < -0.3 is 9.55 Å². The number of rotatable bonds is 2. The maximum atomic E-state index is 12.0. The van der Waals surface area contributed by atoms with E-state index in [-0.39, 0.29) is 6.02 Å². The molecule has 0 bridgehead atoms. The maximum Gasteiger partial charge on any atom is 0.798 e. The summed E-state index contributed by atoms with van der Waals surface area (Å²) in [5.74, 6) is 0.321. The molecule has 0 aliphatic carbocycles. The molecule has 0 N–H and O–H groups in total. The first-order valence-electron chi connectivity index (χ1n) is 4.21.